The predicted octanol–water partition coefficient (Wildman–Crippen LogP) is 1.64. The fourth-order valence-corrected chi connectivity index (χ4v) is 0.501. The largest absolute Gasteiger partial charge is 0.373 e. The van der Waals surface area contributed by atoms with E-state index < -0.39 is 0 Å². The zero-order valence-corrected chi connectivity index (χ0v) is 7.23. The van der Waals surface area contributed by atoms with Gasteiger partial charge in [-0.25, -0.2) is 0 Å². The van der Waals surface area contributed by atoms with E-state index in [4.69, 9.17) is 4.74 Å². The number of ether oxygens (including phenoxy) is 1. The molecule has 0 heterocycles. The van der Waals surface area contributed by atoms with Crippen molar-refractivity contribution in [2.24, 2.45) is 5.41 Å². The van der Waals surface area contributed by atoms with Crippen LogP contribution in [0.25, 0.3) is 0 Å². The van der Waals surface area contributed by atoms with Gasteiger partial charge in [-0.15, -0.1) is 0 Å². The first-order valence-corrected chi connectivity index (χ1v) is 3.49. The molecule has 0 amide bonds. The van der Waals surface area contributed by atoms with Crippen LogP contribution in [0, 0.1) is 5.41 Å². The van der Waals surface area contributed by atoms with Crippen molar-refractivity contribution >= 4 is 5.78 Å². The number of Topliss-reactive ketones (excluding diaryl/α,β-unsaturated/α-hetero) is 1. The molecule has 0 fully saturated rings. The Hall–Kier alpha value is -0.370. The molecule has 2 heteroatoms. The summed E-state index contributed by atoms with van der Waals surface area (Å²) in [4.78, 5) is 10.4. The van der Waals surface area contributed by atoms with Crippen LogP contribution in [0.3, 0.4) is 0 Å². The molecule has 10 heavy (non-hydrogen) atoms. The molecule has 0 radical (unpaired) electrons. The lowest BCUT2D eigenvalue weighted by molar-refractivity contribution is -0.122. The molecular weight excluding hydrogens is 128 g/mol. The summed E-state index contributed by atoms with van der Waals surface area (Å²) in [5.41, 5.74) is 0.162. The molecule has 2 nitrogen and oxygen atoms in total. The van der Waals surface area contributed by atoms with Crippen LogP contribution in [0.1, 0.15) is 27.7 Å². The Morgan fingerprint density at radius 1 is 1.40 bits per heavy atom. The van der Waals surface area contributed by atoms with E-state index in [0.717, 1.165) is 0 Å². The predicted molar refractivity (Wildman–Crippen MR) is 41.0 cm³/mol. The molecule has 0 aromatic carbocycles. The van der Waals surface area contributed by atoms with Crippen LogP contribution >= 0.6 is 0 Å². The molecule has 0 spiro atoms. The second-order valence-corrected chi connectivity index (χ2v) is 3.76. The molecule has 0 aliphatic heterocycles. The first kappa shape index (κ1) is 9.63. The topological polar surface area (TPSA) is 26.3 Å². The number of carbonyl (C=O) groups is 1. The number of hydrogen-bond donors (Lipinski definition) is 0. The molecule has 0 atom stereocenters. The summed E-state index contributed by atoms with van der Waals surface area (Å²) in [6, 6.07) is 0. The minimum absolute atomic E-state index is 0.0873. The fourth-order valence-electron chi connectivity index (χ4n) is 0.501. The van der Waals surface area contributed by atoms with Crippen LogP contribution in [-0.4, -0.2) is 19.0 Å². The quantitative estimate of drug-likeness (QED) is 0.602. The summed E-state index contributed by atoms with van der Waals surface area (Å²) in [5, 5.41) is 0. The van der Waals surface area contributed by atoms with E-state index in [-0.39, 0.29) is 17.8 Å². The second-order valence-electron chi connectivity index (χ2n) is 3.76. The van der Waals surface area contributed by atoms with Gasteiger partial charge in [-0.3, -0.25) is 4.79 Å². The smallest absolute Gasteiger partial charge is 0.155 e. The summed E-state index contributed by atoms with van der Waals surface area (Å²) in [6.07, 6.45) is 0. The van der Waals surface area contributed by atoms with Crippen molar-refractivity contribution in [2.45, 2.75) is 27.7 Å². The standard InChI is InChI=1S/C8H16O2/c1-7(9)5-10-6-8(2,3)4/h5-6H2,1-4H3. The summed E-state index contributed by atoms with van der Waals surface area (Å²) in [7, 11) is 0. The Balaban J connectivity index is 3.29. The molecule has 0 unspecified atom stereocenters. The Bertz CT molecular complexity index is 111. The van der Waals surface area contributed by atoms with Gasteiger partial charge in [-0.2, -0.15) is 0 Å². The first-order chi connectivity index (χ1) is 4.42. The van der Waals surface area contributed by atoms with Gasteiger partial charge >= 0.3 is 0 Å². The molecule has 0 aliphatic rings. The van der Waals surface area contributed by atoms with Crippen molar-refractivity contribution in [3.63, 3.8) is 0 Å². The third-order valence-electron chi connectivity index (χ3n) is 0.840. The van der Waals surface area contributed by atoms with Gasteiger partial charge in [0.1, 0.15) is 6.61 Å². The normalized spacial score (nSPS) is 11.6. The van der Waals surface area contributed by atoms with E-state index in [2.05, 4.69) is 20.8 Å². The van der Waals surface area contributed by atoms with Crippen molar-refractivity contribution in [3.8, 4) is 0 Å². The Morgan fingerprint density at radius 2 is 1.90 bits per heavy atom. The minimum Gasteiger partial charge on any atom is -0.373 e. The van der Waals surface area contributed by atoms with Gasteiger partial charge < -0.3 is 4.74 Å². The zero-order valence-electron chi connectivity index (χ0n) is 7.23. The zero-order chi connectivity index (χ0) is 8.20. The van der Waals surface area contributed by atoms with E-state index in [0.29, 0.717) is 6.61 Å². The van der Waals surface area contributed by atoms with Crippen LogP contribution < -0.4 is 0 Å². The number of ketones is 1. The summed E-state index contributed by atoms with van der Waals surface area (Å²) < 4.78 is 5.11. The van der Waals surface area contributed by atoms with Crippen molar-refractivity contribution < 1.29 is 9.53 Å². The molecular formula is C8H16O2. The van der Waals surface area contributed by atoms with E-state index in [9.17, 15) is 4.79 Å². The van der Waals surface area contributed by atoms with Gasteiger partial charge in [0.2, 0.25) is 0 Å². The van der Waals surface area contributed by atoms with Crippen LogP contribution in [0.15, 0.2) is 0 Å². The van der Waals surface area contributed by atoms with Crippen molar-refractivity contribution in [1.82, 2.24) is 0 Å². The number of carbonyl (C=O) groups excluding carboxylic acids is 1. The maximum atomic E-state index is 10.4. The SMILES string of the molecule is CC(=O)COCC(C)(C)C. The van der Waals surface area contributed by atoms with Crippen LogP contribution in [-0.2, 0) is 9.53 Å². The Labute approximate surface area is 62.6 Å². The molecule has 0 rings (SSSR count). The summed E-state index contributed by atoms with van der Waals surface area (Å²) in [5.74, 6) is 0.0873. The molecule has 0 aliphatic carbocycles. The number of hydrogen-bond acceptors (Lipinski definition) is 2. The maximum absolute atomic E-state index is 10.4. The highest BCUT2D eigenvalue weighted by atomic mass is 16.5. The molecule has 0 aromatic rings. The van der Waals surface area contributed by atoms with Crippen molar-refractivity contribution in [3.05, 3.63) is 0 Å². The third kappa shape index (κ3) is 7.63. The van der Waals surface area contributed by atoms with Crippen LogP contribution in [0.2, 0.25) is 0 Å². The minimum atomic E-state index is 0.0873. The van der Waals surface area contributed by atoms with E-state index in [1.165, 1.54) is 6.92 Å². The van der Waals surface area contributed by atoms with Crippen molar-refractivity contribution in [2.75, 3.05) is 13.2 Å². The van der Waals surface area contributed by atoms with E-state index in [1.54, 1.807) is 0 Å². The Kier molecular flexibility index (Phi) is 3.58. The molecule has 0 saturated heterocycles. The number of rotatable bonds is 3. The average Bonchev–Trinajstić information content (AvgIpc) is 1.59. The third-order valence-corrected chi connectivity index (χ3v) is 0.840. The summed E-state index contributed by atoms with van der Waals surface area (Å²) in [6.45, 7) is 8.65. The van der Waals surface area contributed by atoms with Crippen LogP contribution in [0.4, 0.5) is 0 Å². The van der Waals surface area contributed by atoms with E-state index >= 15 is 0 Å². The molecule has 0 aromatic heterocycles. The monoisotopic (exact) mass is 144 g/mol. The lowest BCUT2D eigenvalue weighted by Crippen LogP contribution is -2.17. The van der Waals surface area contributed by atoms with Crippen LogP contribution in [0.5, 0.6) is 0 Å². The van der Waals surface area contributed by atoms with Gasteiger partial charge in [0.05, 0.1) is 6.61 Å². The fraction of sp³-hybridized carbons (Fsp3) is 0.875. The average molecular weight is 144 g/mol. The van der Waals surface area contributed by atoms with Gasteiger partial charge in [0.15, 0.2) is 5.78 Å². The Morgan fingerprint density at radius 3 is 2.20 bits per heavy atom. The van der Waals surface area contributed by atoms with Gasteiger partial charge in [0.25, 0.3) is 0 Å². The van der Waals surface area contributed by atoms with E-state index in [1.807, 2.05) is 0 Å². The first-order valence-electron chi connectivity index (χ1n) is 3.49. The van der Waals surface area contributed by atoms with Gasteiger partial charge in [-0.05, 0) is 12.3 Å². The highest BCUT2D eigenvalue weighted by molar-refractivity contribution is 5.76. The highest BCUT2D eigenvalue weighted by Gasteiger charge is 2.09. The summed E-state index contributed by atoms with van der Waals surface area (Å²) >= 11 is 0. The lowest BCUT2D eigenvalue weighted by Gasteiger charge is -2.16. The molecule has 0 saturated carbocycles. The lowest BCUT2D eigenvalue weighted by atomic mass is 9.99. The molecule has 0 bridgehead atoms. The van der Waals surface area contributed by atoms with Gasteiger partial charge in [-0.1, -0.05) is 20.8 Å². The second kappa shape index (κ2) is 3.71. The van der Waals surface area contributed by atoms with Crippen molar-refractivity contribution in [1.29, 1.82) is 0 Å². The molecule has 0 N–H and O–H groups in total. The highest BCUT2D eigenvalue weighted by Crippen LogP contribution is 2.12. The van der Waals surface area contributed by atoms with Gasteiger partial charge in [0, 0.05) is 0 Å². The maximum Gasteiger partial charge on any atom is 0.155 e. The molecule has 60 valence electrons.